The predicted octanol–water partition coefficient (Wildman–Crippen LogP) is -18.8. The molecule has 21 aliphatic heterocycles. The molecule has 21 rings (SSSR count). The summed E-state index contributed by atoms with van der Waals surface area (Å²) in [6.07, 6.45) is -95.2. The summed E-state index contributed by atoms with van der Waals surface area (Å²) in [6.45, 7) is -12.2. The molecule has 14 bridgehead atoms. The Balaban J connectivity index is 1.23. The predicted molar refractivity (Wildman–Crippen MR) is 288 cm³/mol. The van der Waals surface area contributed by atoms with Crippen molar-refractivity contribution in [2.24, 2.45) is 0 Å². The number of hydrogen-bond acceptors (Lipinski definition) is 56. The van der Waals surface area contributed by atoms with Gasteiger partial charge in [-0.2, -0.15) is 0 Å². The molecule has 0 spiro atoms. The quantitative estimate of drug-likeness (QED) is 0.0375. The lowest BCUT2D eigenvalue weighted by Gasteiger charge is -2.50. The van der Waals surface area contributed by atoms with Gasteiger partial charge in [-0.15, -0.1) is 0 Å². The molecule has 105 heavy (non-hydrogen) atoms. The minimum atomic E-state index is -5.94. The Labute approximate surface area is 589 Å². The second-order valence-corrected chi connectivity index (χ2v) is 30.6. The van der Waals surface area contributed by atoms with Crippen LogP contribution in [-0.2, 0) is 168 Å². The van der Waals surface area contributed by atoms with Crippen molar-refractivity contribution < 1.29 is 258 Å². The van der Waals surface area contributed by atoms with Crippen LogP contribution >= 0.6 is 0 Å². The van der Waals surface area contributed by atoms with Gasteiger partial charge in [0.1, 0.15) is 171 Å². The van der Waals surface area contributed by atoms with Crippen LogP contribution in [0.25, 0.3) is 0 Å². The van der Waals surface area contributed by atoms with E-state index in [1.807, 2.05) is 0 Å². The molecule has 616 valence electrons. The minimum Gasteiger partial charge on any atom is -0.726 e. The second-order valence-electron chi connectivity index (χ2n) is 23.2. The average molecular weight is 1690 g/mol. The maximum Gasteiger partial charge on any atom is 0.217 e. The molecule has 0 aliphatic carbocycles. The van der Waals surface area contributed by atoms with Crippen LogP contribution in [0.3, 0.4) is 0 Å². The monoisotopic (exact) mass is 1690 g/mol. The highest BCUT2D eigenvalue weighted by atomic mass is 32.3. The highest BCUT2D eigenvalue weighted by Gasteiger charge is 2.60. The molecule has 0 aromatic rings. The summed E-state index contributed by atoms with van der Waals surface area (Å²) < 4.78 is 355. The third kappa shape index (κ3) is 23.6. The smallest absolute Gasteiger partial charge is 0.217 e. The Hall–Kier alpha value is -2.03. The number of ether oxygens (including phenoxy) is 14. The lowest BCUT2D eigenvalue weighted by molar-refractivity contribution is -0.395. The average Bonchev–Trinajstić information content (AvgIpc) is 0.820. The van der Waals surface area contributed by atoms with Crippen molar-refractivity contribution in [3.63, 3.8) is 0 Å². The summed E-state index contributed by atoms with van der Waals surface area (Å²) in [5.41, 5.74) is 0. The van der Waals surface area contributed by atoms with E-state index in [-0.39, 0.29) is 0 Å². The van der Waals surface area contributed by atoms with Gasteiger partial charge in [0.25, 0.3) is 0 Å². The zero-order chi connectivity index (χ0) is 78.5. The molecular formula is C42H63O56S7-7. The van der Waals surface area contributed by atoms with Gasteiger partial charge < -0.3 is 170 Å². The highest BCUT2D eigenvalue weighted by Crippen LogP contribution is 2.40. The normalized spacial score (nSPS) is 44.9. The van der Waals surface area contributed by atoms with E-state index in [4.69, 9.17) is 66.3 Å². The zero-order valence-electron chi connectivity index (χ0n) is 51.4. The van der Waals surface area contributed by atoms with E-state index in [0.717, 1.165) is 0 Å². The van der Waals surface area contributed by atoms with Gasteiger partial charge in [0.15, 0.2) is 44.0 Å². The van der Waals surface area contributed by atoms with Gasteiger partial charge in [-0.3, -0.25) is 29.3 Å². The minimum absolute atomic E-state index is 1.74. The molecule has 14 N–H and O–H groups in total. The lowest BCUT2D eigenvalue weighted by Crippen LogP contribution is -2.68. The van der Waals surface area contributed by atoms with Crippen LogP contribution in [0.2, 0.25) is 0 Å². The topological polar surface area (TPSA) is 877 Å². The molecule has 21 saturated heterocycles. The molecule has 63 heteroatoms. The van der Waals surface area contributed by atoms with Crippen LogP contribution in [0.1, 0.15) is 0 Å². The fraction of sp³-hybridized carbons (Fsp3) is 1.00. The van der Waals surface area contributed by atoms with E-state index in [2.05, 4.69) is 29.3 Å². The molecule has 0 radical (unpaired) electrons. The Morgan fingerprint density at radius 3 is 0.362 bits per heavy atom. The first-order valence-corrected chi connectivity index (χ1v) is 38.4. The van der Waals surface area contributed by atoms with Crippen molar-refractivity contribution in [3.05, 3.63) is 0 Å². The van der Waals surface area contributed by atoms with Crippen LogP contribution in [-0.4, -0.2) is 423 Å². The Bertz CT molecular complexity index is 3040. The number of aliphatic hydroxyl groups is 14. The van der Waals surface area contributed by atoms with Crippen molar-refractivity contribution in [3.8, 4) is 0 Å². The molecular weight excluding hydrogens is 1620 g/mol. The molecule has 35 atom stereocenters. The first-order chi connectivity index (χ1) is 48.2. The fourth-order valence-electron chi connectivity index (χ4n) is 11.4. The Kier molecular flexibility index (Phi) is 29.3. The third-order valence-corrected chi connectivity index (χ3v) is 19.1. The van der Waals surface area contributed by atoms with Gasteiger partial charge in [0.2, 0.25) is 72.8 Å². The Morgan fingerprint density at radius 2 is 0.276 bits per heavy atom. The summed E-state index contributed by atoms with van der Waals surface area (Å²) in [5, 5.41) is 162. The Morgan fingerprint density at radius 1 is 0.181 bits per heavy atom. The SMILES string of the molecule is O=S(=O)([O-])OCC1OC2OC3C(COS(=O)(=O)[O-])OC(OC4C(COS(=O)(=O)[O-])OC(OC5C(COS(=O)(=O)[O-])OC(OC6C(COS(=O)(=O)[O-])OC(OC7C(COS(=O)(=O)[O-])OC(OC8C(COS(=O)(=O)[O-])OC(OC1C(O)C2O)C(O)C8O)C(O)C7O)C(O)C6O)C(O)C5O)C(O)C4O)C(O)C3O. The molecule has 0 aromatic heterocycles. The van der Waals surface area contributed by atoms with Crippen LogP contribution in [0.4, 0.5) is 0 Å². The van der Waals surface area contributed by atoms with E-state index in [0.29, 0.717) is 0 Å². The van der Waals surface area contributed by atoms with Crippen LogP contribution in [0, 0.1) is 0 Å². The van der Waals surface area contributed by atoms with Crippen molar-refractivity contribution >= 4 is 72.8 Å². The van der Waals surface area contributed by atoms with Crippen LogP contribution in [0.5, 0.6) is 0 Å². The van der Waals surface area contributed by atoms with E-state index in [9.17, 15) is 162 Å². The van der Waals surface area contributed by atoms with Gasteiger partial charge in [-0.25, -0.2) is 58.9 Å². The molecule has 0 saturated carbocycles. The van der Waals surface area contributed by atoms with E-state index in [1.165, 1.54) is 0 Å². The number of aliphatic hydroxyl groups excluding tert-OH is 14. The van der Waals surface area contributed by atoms with Crippen LogP contribution in [0.15, 0.2) is 0 Å². The van der Waals surface area contributed by atoms with E-state index < -0.39 is 334 Å². The van der Waals surface area contributed by atoms with E-state index >= 15 is 0 Å². The first-order valence-electron chi connectivity index (χ1n) is 29.1. The highest BCUT2D eigenvalue weighted by molar-refractivity contribution is 7.82. The molecule has 0 amide bonds. The van der Waals surface area contributed by atoms with Gasteiger partial charge >= 0.3 is 0 Å². The number of hydrogen-bond donors (Lipinski definition) is 14. The molecule has 35 unspecified atom stereocenters. The molecule has 21 fully saturated rings. The van der Waals surface area contributed by atoms with Crippen molar-refractivity contribution in [2.45, 2.75) is 215 Å². The summed E-state index contributed by atoms with van der Waals surface area (Å²) in [5.74, 6) is 0. The van der Waals surface area contributed by atoms with Gasteiger partial charge in [-0.05, 0) is 0 Å². The standard InChI is InChI=1S/C42H70O56S7/c43-15-22(50)36-85-8(1-78-99(57,58)59)29(15)92-37-23(51)16(44)31(10(86-37)3-80-101(63,64)65)94-39-25(53)18(46)33(12(88-39)5-82-103(69,70)71)96-41-27(55)20(48)35(14(90-41)7-84-105(75,76)77)98-42-28(56)21(49)34(13(91-42)6-83-104(72,73)74)97-40-26(54)19(47)32(11(89-40)4-81-102(66,67)68)95-38-24(52)17(45)30(93-36)9(87-38)2-79-100(60,61)62/h8-56H,1-7H2,(H,57,58,59)(H,60,61,62)(H,63,64,65)(H,66,67,68)(H,69,70,71)(H,72,73,74)(H,75,76,77)/p-7. The fourth-order valence-corrected chi connectivity index (χ4v) is 13.5. The van der Waals surface area contributed by atoms with Crippen molar-refractivity contribution in [1.29, 1.82) is 0 Å². The zero-order valence-corrected chi connectivity index (χ0v) is 57.1. The molecule has 21 heterocycles. The number of rotatable bonds is 21. The maximum absolute atomic E-state index is 11.8. The van der Waals surface area contributed by atoms with Crippen molar-refractivity contribution in [1.82, 2.24) is 0 Å². The van der Waals surface area contributed by atoms with Crippen LogP contribution < -0.4 is 0 Å². The summed E-state index contributed by atoms with van der Waals surface area (Å²) in [4.78, 5) is 0. The van der Waals surface area contributed by atoms with E-state index in [1.54, 1.807) is 0 Å². The lowest BCUT2D eigenvalue weighted by atomic mass is 9.95. The summed E-state index contributed by atoms with van der Waals surface area (Å²) in [7, 11) is -41.6. The maximum atomic E-state index is 11.8. The third-order valence-electron chi connectivity index (χ3n) is 16.2. The summed E-state index contributed by atoms with van der Waals surface area (Å²) in [6, 6.07) is 0. The summed E-state index contributed by atoms with van der Waals surface area (Å²) >= 11 is 0. The molecule has 21 aliphatic rings. The van der Waals surface area contributed by atoms with Gasteiger partial charge in [0.05, 0.1) is 46.2 Å². The van der Waals surface area contributed by atoms with Crippen molar-refractivity contribution in [2.75, 3.05) is 46.2 Å². The first kappa shape index (κ1) is 88.5. The second kappa shape index (κ2) is 34.7. The largest absolute Gasteiger partial charge is 0.726 e. The molecule has 56 nitrogen and oxygen atoms in total. The van der Waals surface area contributed by atoms with Gasteiger partial charge in [-0.1, -0.05) is 0 Å². The van der Waals surface area contributed by atoms with Gasteiger partial charge in [0, 0.05) is 0 Å². The molecule has 0 aromatic carbocycles.